The summed E-state index contributed by atoms with van der Waals surface area (Å²) in [7, 11) is 0. The second kappa shape index (κ2) is 12.0. The zero-order chi connectivity index (χ0) is 28.1. The van der Waals surface area contributed by atoms with Crippen molar-refractivity contribution in [1.82, 2.24) is 10.2 Å². The molecule has 0 saturated heterocycles. The Kier molecular flexibility index (Phi) is 8.26. The Morgan fingerprint density at radius 3 is 2.33 bits per heavy atom. The summed E-state index contributed by atoms with van der Waals surface area (Å²) in [5.74, 6) is 0. The van der Waals surface area contributed by atoms with Crippen LogP contribution in [0.25, 0.3) is 22.5 Å². The first-order chi connectivity index (χ1) is 19.3. The Morgan fingerprint density at radius 1 is 0.875 bits per heavy atom. The first kappa shape index (κ1) is 27.5. The van der Waals surface area contributed by atoms with Gasteiger partial charge in [0, 0.05) is 42.2 Å². The van der Waals surface area contributed by atoms with E-state index in [1.807, 2.05) is 0 Å². The lowest BCUT2D eigenvalue weighted by atomic mass is 9.83. The summed E-state index contributed by atoms with van der Waals surface area (Å²) >= 11 is 0. The van der Waals surface area contributed by atoms with Crippen molar-refractivity contribution in [1.29, 1.82) is 0 Å². The minimum atomic E-state index is 0.0750. The van der Waals surface area contributed by atoms with E-state index in [9.17, 15) is 0 Å². The predicted octanol–water partition coefficient (Wildman–Crippen LogP) is 9.41. The van der Waals surface area contributed by atoms with Gasteiger partial charge in [0.1, 0.15) is 0 Å². The van der Waals surface area contributed by atoms with Crippen LogP contribution in [0.5, 0.6) is 0 Å². The smallest absolute Gasteiger partial charge is 0.0487 e. The van der Waals surface area contributed by atoms with Crippen LogP contribution in [0.3, 0.4) is 0 Å². The number of hydrogen-bond donors (Lipinski definition) is 1. The van der Waals surface area contributed by atoms with E-state index >= 15 is 0 Å². The maximum atomic E-state index is 4.64. The van der Waals surface area contributed by atoms with Crippen molar-refractivity contribution in [2.75, 3.05) is 13.1 Å². The summed E-state index contributed by atoms with van der Waals surface area (Å²) in [6.45, 7) is 15.5. The van der Waals surface area contributed by atoms with Crippen LogP contribution in [0.1, 0.15) is 57.2 Å². The molecule has 204 valence electrons. The van der Waals surface area contributed by atoms with E-state index < -0.39 is 0 Å². The number of nitrogens with zero attached hydrogens (tertiary/aromatic N) is 1. The number of benzene rings is 3. The second-order valence-corrected chi connectivity index (χ2v) is 11.9. The molecule has 1 N–H and O–H groups in total. The van der Waals surface area contributed by atoms with Crippen LogP contribution >= 0.6 is 0 Å². The summed E-state index contributed by atoms with van der Waals surface area (Å²) < 4.78 is 0. The summed E-state index contributed by atoms with van der Waals surface area (Å²) in [5, 5.41) is 3.67. The highest BCUT2D eigenvalue weighted by Gasteiger charge is 2.25. The normalized spacial score (nSPS) is 15.4. The number of nitrogens with one attached hydrogen (secondary N) is 1. The third-order valence-corrected chi connectivity index (χ3v) is 7.85. The first-order valence-electron chi connectivity index (χ1n) is 14.6. The highest BCUT2D eigenvalue weighted by molar-refractivity contribution is 5.76. The van der Waals surface area contributed by atoms with E-state index in [2.05, 4.69) is 148 Å². The van der Waals surface area contributed by atoms with Gasteiger partial charge in [-0.15, -0.1) is 0 Å². The van der Waals surface area contributed by atoms with Gasteiger partial charge in [-0.3, -0.25) is 0 Å². The zero-order valence-corrected chi connectivity index (χ0v) is 24.5. The minimum Gasteiger partial charge on any atom is -0.381 e. The molecule has 0 saturated carbocycles. The van der Waals surface area contributed by atoms with E-state index in [1.54, 1.807) is 0 Å². The topological polar surface area (TPSA) is 15.3 Å². The second-order valence-electron chi connectivity index (χ2n) is 11.9. The molecular formula is C38H42N2. The SMILES string of the molecule is C=C(Cc1ccccc1C1=CC=C(CCC)CN1)N1CC=C(C(C)(C)C)C=C1c1cccc(-c2ccccc2)c1. The summed E-state index contributed by atoms with van der Waals surface area (Å²) in [6.07, 6.45) is 12.4. The molecule has 2 heteroatoms. The molecule has 0 fully saturated rings. The van der Waals surface area contributed by atoms with Gasteiger partial charge in [-0.2, -0.15) is 0 Å². The Bertz CT molecular complexity index is 1490. The van der Waals surface area contributed by atoms with Gasteiger partial charge in [-0.1, -0.05) is 131 Å². The molecule has 0 aliphatic carbocycles. The largest absolute Gasteiger partial charge is 0.381 e. The van der Waals surface area contributed by atoms with E-state index in [0.29, 0.717) is 0 Å². The lowest BCUT2D eigenvalue weighted by Gasteiger charge is -2.35. The summed E-state index contributed by atoms with van der Waals surface area (Å²) in [4.78, 5) is 2.40. The molecule has 0 aromatic heterocycles. The van der Waals surface area contributed by atoms with Gasteiger partial charge in [-0.25, -0.2) is 0 Å². The molecule has 2 aliphatic rings. The van der Waals surface area contributed by atoms with E-state index in [-0.39, 0.29) is 5.41 Å². The van der Waals surface area contributed by atoms with Gasteiger partial charge in [-0.05, 0) is 57.9 Å². The number of dihydropyridines is 1. The van der Waals surface area contributed by atoms with Crippen LogP contribution in [0.4, 0.5) is 0 Å². The molecule has 0 unspecified atom stereocenters. The average molecular weight is 527 g/mol. The zero-order valence-electron chi connectivity index (χ0n) is 24.5. The summed E-state index contributed by atoms with van der Waals surface area (Å²) in [6, 6.07) is 28.3. The molecule has 3 aromatic rings. The highest BCUT2D eigenvalue weighted by atomic mass is 15.1. The van der Waals surface area contributed by atoms with Gasteiger partial charge in [0.25, 0.3) is 0 Å². The quantitative estimate of drug-likeness (QED) is 0.314. The average Bonchev–Trinajstić information content (AvgIpc) is 2.98. The molecule has 0 bridgehead atoms. The number of hydrogen-bond acceptors (Lipinski definition) is 2. The van der Waals surface area contributed by atoms with Crippen LogP contribution < -0.4 is 5.32 Å². The van der Waals surface area contributed by atoms with E-state index in [4.69, 9.17) is 0 Å². The maximum absolute atomic E-state index is 4.64. The van der Waals surface area contributed by atoms with Gasteiger partial charge >= 0.3 is 0 Å². The Balaban J connectivity index is 1.46. The van der Waals surface area contributed by atoms with Crippen LogP contribution in [0.15, 0.2) is 127 Å². The van der Waals surface area contributed by atoms with Crippen LogP contribution in [0, 0.1) is 5.41 Å². The molecule has 2 aliphatic heterocycles. The van der Waals surface area contributed by atoms with Crippen molar-refractivity contribution in [3.63, 3.8) is 0 Å². The van der Waals surface area contributed by atoms with Crippen LogP contribution in [-0.4, -0.2) is 18.0 Å². The third-order valence-electron chi connectivity index (χ3n) is 7.85. The van der Waals surface area contributed by atoms with Gasteiger partial charge in [0.2, 0.25) is 0 Å². The molecule has 0 atom stereocenters. The highest BCUT2D eigenvalue weighted by Crippen LogP contribution is 2.37. The summed E-state index contributed by atoms with van der Waals surface area (Å²) in [5.41, 5.74) is 12.7. The molecular weight excluding hydrogens is 484 g/mol. The minimum absolute atomic E-state index is 0.0750. The number of allylic oxidation sites excluding steroid dienone is 5. The molecule has 0 spiro atoms. The van der Waals surface area contributed by atoms with Gasteiger partial charge in [0.15, 0.2) is 0 Å². The molecule has 0 amide bonds. The van der Waals surface area contributed by atoms with Crippen molar-refractivity contribution < 1.29 is 0 Å². The van der Waals surface area contributed by atoms with Crippen molar-refractivity contribution >= 4 is 11.4 Å². The Morgan fingerprint density at radius 2 is 1.60 bits per heavy atom. The first-order valence-corrected chi connectivity index (χ1v) is 14.6. The fraction of sp³-hybridized carbons (Fsp3) is 0.263. The monoisotopic (exact) mass is 526 g/mol. The lowest BCUT2D eigenvalue weighted by Crippen LogP contribution is -2.27. The van der Waals surface area contributed by atoms with Crippen molar-refractivity contribution in [2.24, 2.45) is 5.41 Å². The molecule has 2 heterocycles. The third kappa shape index (κ3) is 6.23. The Hall–Kier alpha value is -4.04. The van der Waals surface area contributed by atoms with Crippen LogP contribution in [0.2, 0.25) is 0 Å². The molecule has 40 heavy (non-hydrogen) atoms. The van der Waals surface area contributed by atoms with Crippen LogP contribution in [-0.2, 0) is 6.42 Å². The molecule has 0 radical (unpaired) electrons. The molecule has 2 nitrogen and oxygen atoms in total. The Labute approximate surface area is 241 Å². The lowest BCUT2D eigenvalue weighted by molar-refractivity contribution is 0.479. The van der Waals surface area contributed by atoms with Gasteiger partial charge < -0.3 is 10.2 Å². The standard InChI is InChI=1S/C38H42N2/c1-6-13-29-20-21-36(39-27-29)35-19-11-10-16-32(35)24-28(2)40-23-22-34(38(3,4)5)26-37(40)33-18-12-17-31(25-33)30-14-8-7-9-15-30/h7-12,14-22,25-26,39H,2,6,13,23-24,27H2,1,3-5H3. The van der Waals surface area contributed by atoms with Gasteiger partial charge in [0.05, 0.1) is 0 Å². The molecule has 3 aromatic carbocycles. The number of rotatable bonds is 8. The maximum Gasteiger partial charge on any atom is 0.0487 e. The van der Waals surface area contributed by atoms with Crippen molar-refractivity contribution in [2.45, 2.75) is 47.0 Å². The van der Waals surface area contributed by atoms with E-state index in [0.717, 1.165) is 31.6 Å². The predicted molar refractivity (Wildman–Crippen MR) is 172 cm³/mol. The van der Waals surface area contributed by atoms with Crippen molar-refractivity contribution in [3.05, 3.63) is 143 Å². The van der Waals surface area contributed by atoms with E-state index in [1.165, 1.54) is 56.8 Å². The fourth-order valence-electron chi connectivity index (χ4n) is 5.58. The van der Waals surface area contributed by atoms with Crippen molar-refractivity contribution in [3.8, 4) is 11.1 Å². The fourth-order valence-corrected chi connectivity index (χ4v) is 5.58. The molecule has 5 rings (SSSR count).